The Bertz CT molecular complexity index is 1250. The van der Waals surface area contributed by atoms with E-state index < -0.39 is 5.92 Å². The lowest BCUT2D eigenvalue weighted by Gasteiger charge is -2.24. The first kappa shape index (κ1) is 22.7. The number of fused-ring (bicyclic) bond motifs is 1. The van der Waals surface area contributed by atoms with Gasteiger partial charge in [0.1, 0.15) is 0 Å². The predicted octanol–water partition coefficient (Wildman–Crippen LogP) is 6.87. The number of carbonyl (C=O) groups is 1. The van der Waals surface area contributed by atoms with Crippen LogP contribution in [0.2, 0.25) is 0 Å². The molecule has 4 heteroatoms. The molecular weight excluding hydrogens is 408 g/mol. The van der Waals surface area contributed by atoms with E-state index in [9.17, 15) is 4.79 Å². The number of carbonyl (C=O) groups excluding carboxylic acids is 1. The number of benzene rings is 2. The predicted molar refractivity (Wildman–Crippen MR) is 133 cm³/mol. The summed E-state index contributed by atoms with van der Waals surface area (Å²) in [4.78, 5) is 21.8. The van der Waals surface area contributed by atoms with Crippen molar-refractivity contribution >= 4 is 16.9 Å². The standard InChI is InChI=1S/C29H30N2O2/c1-5-33-29(32)27(21-11-14-30-15-12-21)20(4)22-8-6-9-23(16-22)26-18-25(19(2)3)17-24-10-7-13-31-28(24)26/h6-20,27H,5H2,1-4H3. The minimum absolute atomic E-state index is 0.0705. The Kier molecular flexibility index (Phi) is 6.83. The summed E-state index contributed by atoms with van der Waals surface area (Å²) < 4.78 is 5.45. The fraction of sp³-hybridized carbons (Fsp3) is 0.276. The fourth-order valence-corrected chi connectivity index (χ4v) is 4.38. The maximum atomic E-state index is 13.0. The minimum atomic E-state index is -0.403. The summed E-state index contributed by atoms with van der Waals surface area (Å²) in [7, 11) is 0. The van der Waals surface area contributed by atoms with Crippen LogP contribution < -0.4 is 0 Å². The highest BCUT2D eigenvalue weighted by molar-refractivity contribution is 5.94. The normalized spacial score (nSPS) is 13.1. The topological polar surface area (TPSA) is 52.1 Å². The quantitative estimate of drug-likeness (QED) is 0.295. The van der Waals surface area contributed by atoms with Crippen LogP contribution in [0.1, 0.15) is 62.1 Å². The summed E-state index contributed by atoms with van der Waals surface area (Å²) >= 11 is 0. The molecule has 2 atom stereocenters. The maximum absolute atomic E-state index is 13.0. The zero-order valence-corrected chi connectivity index (χ0v) is 19.7. The van der Waals surface area contributed by atoms with Gasteiger partial charge in [-0.3, -0.25) is 14.8 Å². The highest BCUT2D eigenvalue weighted by Crippen LogP contribution is 2.37. The van der Waals surface area contributed by atoms with E-state index in [1.54, 1.807) is 12.4 Å². The highest BCUT2D eigenvalue weighted by atomic mass is 16.5. The van der Waals surface area contributed by atoms with Gasteiger partial charge in [0.25, 0.3) is 0 Å². The van der Waals surface area contributed by atoms with Crippen LogP contribution in [-0.4, -0.2) is 22.5 Å². The molecule has 2 unspecified atom stereocenters. The molecule has 0 radical (unpaired) electrons. The van der Waals surface area contributed by atoms with Gasteiger partial charge in [0.2, 0.25) is 0 Å². The van der Waals surface area contributed by atoms with E-state index in [1.165, 1.54) is 5.56 Å². The third-order valence-electron chi connectivity index (χ3n) is 6.22. The molecule has 168 valence electrons. The van der Waals surface area contributed by atoms with Gasteiger partial charge in [0.05, 0.1) is 18.0 Å². The lowest BCUT2D eigenvalue weighted by molar-refractivity contribution is -0.145. The zero-order chi connectivity index (χ0) is 23.4. The van der Waals surface area contributed by atoms with Crippen LogP contribution >= 0.6 is 0 Å². The van der Waals surface area contributed by atoms with Crippen LogP contribution in [0, 0.1) is 0 Å². The largest absolute Gasteiger partial charge is 0.466 e. The van der Waals surface area contributed by atoms with Crippen molar-refractivity contribution in [3.05, 3.63) is 95.9 Å². The molecule has 2 heterocycles. The number of esters is 1. The maximum Gasteiger partial charge on any atom is 0.314 e. The van der Waals surface area contributed by atoms with E-state index in [1.807, 2.05) is 31.3 Å². The minimum Gasteiger partial charge on any atom is -0.466 e. The molecule has 0 saturated heterocycles. The highest BCUT2D eigenvalue weighted by Gasteiger charge is 2.29. The smallest absolute Gasteiger partial charge is 0.314 e. The SMILES string of the molecule is CCOC(=O)C(c1ccncc1)C(C)c1cccc(-c2cc(C(C)C)cc3cccnc23)c1. The van der Waals surface area contributed by atoms with Crippen molar-refractivity contribution in [2.75, 3.05) is 6.61 Å². The molecule has 2 aromatic heterocycles. The lowest BCUT2D eigenvalue weighted by Crippen LogP contribution is -2.21. The molecule has 0 fully saturated rings. The van der Waals surface area contributed by atoms with Crippen molar-refractivity contribution in [3.8, 4) is 11.1 Å². The Labute approximate surface area is 195 Å². The Morgan fingerprint density at radius 3 is 2.39 bits per heavy atom. The summed E-state index contributed by atoms with van der Waals surface area (Å²) in [6, 6.07) is 20.8. The van der Waals surface area contributed by atoms with Gasteiger partial charge in [-0.15, -0.1) is 0 Å². The number of rotatable bonds is 7. The Morgan fingerprint density at radius 1 is 0.879 bits per heavy atom. The molecule has 4 nitrogen and oxygen atoms in total. The molecule has 2 aromatic carbocycles. The monoisotopic (exact) mass is 438 g/mol. The van der Waals surface area contributed by atoms with Gasteiger partial charge < -0.3 is 4.74 Å². The zero-order valence-electron chi connectivity index (χ0n) is 19.7. The van der Waals surface area contributed by atoms with Crippen LogP contribution in [0.5, 0.6) is 0 Å². The van der Waals surface area contributed by atoms with E-state index in [0.29, 0.717) is 12.5 Å². The van der Waals surface area contributed by atoms with Gasteiger partial charge in [-0.2, -0.15) is 0 Å². The molecule has 4 aromatic rings. The molecule has 0 aliphatic carbocycles. The molecular formula is C29H30N2O2. The summed E-state index contributed by atoms with van der Waals surface area (Å²) in [6.45, 7) is 8.69. The number of hydrogen-bond donors (Lipinski definition) is 0. The van der Waals surface area contributed by atoms with Gasteiger partial charge >= 0.3 is 5.97 Å². The van der Waals surface area contributed by atoms with Crippen molar-refractivity contribution < 1.29 is 9.53 Å². The first-order valence-electron chi connectivity index (χ1n) is 11.5. The van der Waals surface area contributed by atoms with E-state index in [0.717, 1.165) is 33.2 Å². The third kappa shape index (κ3) is 4.80. The first-order valence-corrected chi connectivity index (χ1v) is 11.5. The average molecular weight is 439 g/mol. The third-order valence-corrected chi connectivity index (χ3v) is 6.22. The summed E-state index contributed by atoms with van der Waals surface area (Å²) in [5.41, 5.74) is 6.48. The Morgan fingerprint density at radius 2 is 1.67 bits per heavy atom. The summed E-state index contributed by atoms with van der Waals surface area (Å²) in [6.07, 6.45) is 5.29. The van der Waals surface area contributed by atoms with Crippen molar-refractivity contribution in [1.29, 1.82) is 0 Å². The Hall–Kier alpha value is -3.53. The Balaban J connectivity index is 1.80. The summed E-state index contributed by atoms with van der Waals surface area (Å²) in [5, 5.41) is 1.14. The van der Waals surface area contributed by atoms with Crippen molar-refractivity contribution in [3.63, 3.8) is 0 Å². The second-order valence-corrected chi connectivity index (χ2v) is 8.72. The van der Waals surface area contributed by atoms with Crippen molar-refractivity contribution in [2.45, 2.75) is 45.4 Å². The van der Waals surface area contributed by atoms with E-state index in [-0.39, 0.29) is 11.9 Å². The molecule has 0 aliphatic rings. The first-order chi connectivity index (χ1) is 16.0. The van der Waals surface area contributed by atoms with Crippen LogP contribution in [0.25, 0.3) is 22.0 Å². The summed E-state index contributed by atoms with van der Waals surface area (Å²) in [5.74, 6) is -0.273. The molecule has 0 saturated carbocycles. The van der Waals surface area contributed by atoms with Crippen LogP contribution in [0.3, 0.4) is 0 Å². The van der Waals surface area contributed by atoms with E-state index in [2.05, 4.69) is 73.2 Å². The van der Waals surface area contributed by atoms with Crippen LogP contribution in [0.4, 0.5) is 0 Å². The number of nitrogens with zero attached hydrogens (tertiary/aromatic N) is 2. The van der Waals surface area contributed by atoms with Gasteiger partial charge in [0, 0.05) is 29.5 Å². The van der Waals surface area contributed by atoms with Crippen molar-refractivity contribution in [1.82, 2.24) is 9.97 Å². The van der Waals surface area contributed by atoms with Gasteiger partial charge in [-0.1, -0.05) is 51.1 Å². The van der Waals surface area contributed by atoms with Crippen molar-refractivity contribution in [2.24, 2.45) is 0 Å². The molecule has 0 N–H and O–H groups in total. The van der Waals surface area contributed by atoms with E-state index in [4.69, 9.17) is 4.74 Å². The number of ether oxygens (including phenoxy) is 1. The second-order valence-electron chi connectivity index (χ2n) is 8.72. The lowest BCUT2D eigenvalue weighted by atomic mass is 9.82. The van der Waals surface area contributed by atoms with Crippen LogP contribution in [-0.2, 0) is 9.53 Å². The van der Waals surface area contributed by atoms with Gasteiger partial charge in [-0.25, -0.2) is 0 Å². The molecule has 0 aliphatic heterocycles. The number of pyridine rings is 2. The molecule has 33 heavy (non-hydrogen) atoms. The van der Waals surface area contributed by atoms with E-state index >= 15 is 0 Å². The number of hydrogen-bond acceptors (Lipinski definition) is 4. The molecule has 0 spiro atoms. The molecule has 0 bridgehead atoms. The molecule has 4 rings (SSSR count). The molecule has 0 amide bonds. The second kappa shape index (κ2) is 9.95. The van der Waals surface area contributed by atoms with Crippen LogP contribution in [0.15, 0.2) is 79.3 Å². The average Bonchev–Trinajstić information content (AvgIpc) is 2.84. The number of aromatic nitrogens is 2. The van der Waals surface area contributed by atoms with Gasteiger partial charge in [0.15, 0.2) is 0 Å². The fourth-order valence-electron chi connectivity index (χ4n) is 4.38. The van der Waals surface area contributed by atoms with Gasteiger partial charge in [-0.05, 0) is 71.3 Å².